The molecule has 0 bridgehead atoms. The van der Waals surface area contributed by atoms with Gasteiger partial charge in [-0.25, -0.2) is 9.59 Å². The molecule has 7 nitrogen and oxygen atoms in total. The number of nitrogens with two attached hydrogens (primary N) is 1. The van der Waals surface area contributed by atoms with Crippen LogP contribution < -0.4 is 11.1 Å². The number of imide groups is 1. The van der Waals surface area contributed by atoms with Gasteiger partial charge in [0.15, 0.2) is 6.61 Å². The van der Waals surface area contributed by atoms with Crippen LogP contribution in [0, 0.1) is 0 Å². The lowest BCUT2D eigenvalue weighted by molar-refractivity contribution is -0.123. The number of ether oxygens (including phenoxy) is 1. The number of hydrogen-bond acceptors (Lipinski definition) is 5. The lowest BCUT2D eigenvalue weighted by atomic mass is 10.2. The summed E-state index contributed by atoms with van der Waals surface area (Å²) < 4.78 is 5.15. The zero-order valence-corrected chi connectivity index (χ0v) is 10.6. The Balaban J connectivity index is 2.63. The summed E-state index contributed by atoms with van der Waals surface area (Å²) in [6.45, 7) is -0.673. The molecule has 18 heavy (non-hydrogen) atoms. The van der Waals surface area contributed by atoms with Crippen LogP contribution in [0.4, 0.5) is 4.79 Å². The predicted octanol–water partition coefficient (Wildman–Crippen LogP) is 0.506. The molecule has 1 aromatic rings. The second kappa shape index (κ2) is 6.01. The number of primary amides is 1. The molecule has 0 saturated heterocycles. The number of nitrogens with one attached hydrogen (secondary N) is 1. The molecule has 0 saturated carbocycles. The highest BCUT2D eigenvalue weighted by Gasteiger charge is 2.15. The number of benzene rings is 1. The topological polar surface area (TPSA) is 119 Å². The first-order valence-corrected chi connectivity index (χ1v) is 5.44. The number of phenolic OH excluding ortho intramolecular Hbond substituents is 1. The third-order valence-electron chi connectivity index (χ3n) is 1.78. The van der Waals surface area contributed by atoms with Gasteiger partial charge in [0, 0.05) is 4.47 Å². The van der Waals surface area contributed by atoms with Crippen molar-refractivity contribution >= 4 is 33.8 Å². The van der Waals surface area contributed by atoms with E-state index in [2.05, 4.69) is 20.7 Å². The van der Waals surface area contributed by atoms with Gasteiger partial charge in [0.25, 0.3) is 5.91 Å². The minimum absolute atomic E-state index is 0.101. The first kappa shape index (κ1) is 14.0. The Hall–Kier alpha value is -2.09. The summed E-state index contributed by atoms with van der Waals surface area (Å²) in [7, 11) is 0. The minimum atomic E-state index is -1.04. The van der Waals surface area contributed by atoms with Crippen LogP contribution in [0.2, 0.25) is 0 Å². The van der Waals surface area contributed by atoms with E-state index in [1.54, 1.807) is 5.32 Å². The van der Waals surface area contributed by atoms with Crippen molar-refractivity contribution in [2.24, 2.45) is 5.73 Å². The van der Waals surface area contributed by atoms with E-state index in [1.165, 1.54) is 18.2 Å². The molecule has 0 aromatic heterocycles. The van der Waals surface area contributed by atoms with Crippen LogP contribution in [0.25, 0.3) is 0 Å². The van der Waals surface area contributed by atoms with Gasteiger partial charge in [0.05, 0.1) is 0 Å². The van der Waals surface area contributed by atoms with Crippen molar-refractivity contribution in [1.82, 2.24) is 5.32 Å². The number of phenols is 1. The van der Waals surface area contributed by atoms with E-state index < -0.39 is 24.5 Å². The van der Waals surface area contributed by atoms with E-state index in [9.17, 15) is 19.5 Å². The Labute approximate surface area is 110 Å². The van der Waals surface area contributed by atoms with Gasteiger partial charge in [0.2, 0.25) is 0 Å². The fourth-order valence-electron chi connectivity index (χ4n) is 1.05. The second-order valence-electron chi connectivity index (χ2n) is 3.15. The molecular weight excluding hydrogens is 308 g/mol. The fourth-order valence-corrected chi connectivity index (χ4v) is 1.42. The first-order chi connectivity index (χ1) is 8.40. The van der Waals surface area contributed by atoms with Crippen molar-refractivity contribution in [3.8, 4) is 5.75 Å². The second-order valence-corrected chi connectivity index (χ2v) is 4.07. The lowest BCUT2D eigenvalue weighted by Gasteiger charge is -2.06. The number of carbonyl (C=O) groups excluding carboxylic acids is 3. The molecule has 1 aromatic carbocycles. The van der Waals surface area contributed by atoms with Crippen molar-refractivity contribution in [2.45, 2.75) is 0 Å². The highest BCUT2D eigenvalue weighted by atomic mass is 79.9. The lowest BCUT2D eigenvalue weighted by Crippen LogP contribution is -2.37. The van der Waals surface area contributed by atoms with Crippen molar-refractivity contribution in [1.29, 1.82) is 0 Å². The molecule has 0 spiro atoms. The molecule has 0 heterocycles. The van der Waals surface area contributed by atoms with Gasteiger partial charge in [-0.1, -0.05) is 15.9 Å². The van der Waals surface area contributed by atoms with E-state index in [4.69, 9.17) is 5.73 Å². The van der Waals surface area contributed by atoms with Gasteiger partial charge < -0.3 is 15.6 Å². The van der Waals surface area contributed by atoms with Crippen molar-refractivity contribution < 1.29 is 24.2 Å². The maximum absolute atomic E-state index is 11.5. The molecule has 96 valence electrons. The summed E-state index contributed by atoms with van der Waals surface area (Å²) >= 11 is 3.12. The van der Waals surface area contributed by atoms with Gasteiger partial charge >= 0.3 is 12.0 Å². The molecule has 0 unspecified atom stereocenters. The maximum Gasteiger partial charge on any atom is 0.342 e. The van der Waals surface area contributed by atoms with Crippen molar-refractivity contribution in [3.63, 3.8) is 0 Å². The van der Waals surface area contributed by atoms with Crippen LogP contribution in [0.5, 0.6) is 5.75 Å². The summed E-state index contributed by atoms with van der Waals surface area (Å²) in [6.07, 6.45) is 0. The first-order valence-electron chi connectivity index (χ1n) is 4.65. The Kier molecular flexibility index (Phi) is 4.67. The number of amides is 3. The van der Waals surface area contributed by atoms with Gasteiger partial charge in [-0.2, -0.15) is 0 Å². The van der Waals surface area contributed by atoms with Crippen LogP contribution >= 0.6 is 15.9 Å². The number of aromatic hydroxyl groups is 1. The maximum atomic E-state index is 11.5. The standard InChI is InChI=1S/C10H9BrN2O5/c11-5-1-2-7(14)6(3-5)9(16)18-4-8(15)13-10(12)17/h1-3,14H,4H2,(H3,12,13,15,17). The predicted molar refractivity (Wildman–Crippen MR) is 63.8 cm³/mol. The average molecular weight is 317 g/mol. The third kappa shape index (κ3) is 4.06. The number of hydrogen-bond donors (Lipinski definition) is 3. The van der Waals surface area contributed by atoms with Crippen molar-refractivity contribution in [2.75, 3.05) is 6.61 Å². The molecule has 0 aliphatic rings. The Morgan fingerprint density at radius 2 is 2.06 bits per heavy atom. The molecule has 0 atom stereocenters. The molecule has 8 heteroatoms. The number of carbonyl (C=O) groups is 3. The van der Waals surface area contributed by atoms with Gasteiger partial charge in [-0.3, -0.25) is 10.1 Å². The third-order valence-corrected chi connectivity index (χ3v) is 2.27. The van der Waals surface area contributed by atoms with E-state index in [0.29, 0.717) is 4.47 Å². The summed E-state index contributed by atoms with van der Waals surface area (Å²) in [5.74, 6) is -2.03. The van der Waals surface area contributed by atoms with Gasteiger partial charge in [-0.05, 0) is 18.2 Å². The molecule has 0 radical (unpaired) electrons. The van der Waals surface area contributed by atoms with Gasteiger partial charge in [-0.15, -0.1) is 0 Å². The van der Waals surface area contributed by atoms with Crippen LogP contribution in [0.3, 0.4) is 0 Å². The smallest absolute Gasteiger partial charge is 0.342 e. The summed E-state index contributed by atoms with van der Waals surface area (Å²) in [4.78, 5) is 32.8. The SMILES string of the molecule is NC(=O)NC(=O)COC(=O)c1cc(Br)ccc1O. The molecule has 0 fully saturated rings. The summed E-state index contributed by atoms with van der Waals surface area (Å²) in [5.41, 5.74) is 4.60. The Morgan fingerprint density at radius 1 is 1.39 bits per heavy atom. The molecule has 4 N–H and O–H groups in total. The van der Waals surface area contributed by atoms with Crippen LogP contribution in [-0.2, 0) is 9.53 Å². The largest absolute Gasteiger partial charge is 0.507 e. The number of rotatable bonds is 3. The van der Waals surface area contributed by atoms with E-state index in [-0.39, 0.29) is 11.3 Å². The highest BCUT2D eigenvalue weighted by Crippen LogP contribution is 2.22. The zero-order valence-electron chi connectivity index (χ0n) is 8.97. The minimum Gasteiger partial charge on any atom is -0.507 e. The molecule has 0 aliphatic carbocycles. The van der Waals surface area contributed by atoms with Gasteiger partial charge in [0.1, 0.15) is 11.3 Å². The van der Waals surface area contributed by atoms with E-state index >= 15 is 0 Å². The zero-order chi connectivity index (χ0) is 13.7. The fraction of sp³-hybridized carbons (Fsp3) is 0.100. The van der Waals surface area contributed by atoms with Crippen LogP contribution in [0.15, 0.2) is 22.7 Å². The van der Waals surface area contributed by atoms with Crippen LogP contribution in [-0.4, -0.2) is 29.6 Å². The molecule has 1 rings (SSSR count). The Bertz CT molecular complexity index is 503. The highest BCUT2D eigenvalue weighted by molar-refractivity contribution is 9.10. The number of esters is 1. The summed E-state index contributed by atoms with van der Waals surface area (Å²) in [6, 6.07) is 3.13. The summed E-state index contributed by atoms with van der Waals surface area (Å²) in [5, 5.41) is 11.1. The van der Waals surface area contributed by atoms with Crippen molar-refractivity contribution in [3.05, 3.63) is 28.2 Å². The molecule has 0 aliphatic heterocycles. The molecule has 3 amide bonds. The van der Waals surface area contributed by atoms with Crippen LogP contribution in [0.1, 0.15) is 10.4 Å². The molecular formula is C10H9BrN2O5. The van der Waals surface area contributed by atoms with E-state index in [0.717, 1.165) is 0 Å². The quantitative estimate of drug-likeness (QED) is 0.702. The number of urea groups is 1. The van der Waals surface area contributed by atoms with E-state index in [1.807, 2.05) is 0 Å². The monoisotopic (exact) mass is 316 g/mol. The Morgan fingerprint density at radius 3 is 2.67 bits per heavy atom. The number of halogens is 1. The normalized spacial score (nSPS) is 9.61. The average Bonchev–Trinajstić information content (AvgIpc) is 2.28.